The lowest BCUT2D eigenvalue weighted by molar-refractivity contribution is 0.172. The molecular formula is C11H10N2O3. The van der Waals surface area contributed by atoms with E-state index in [2.05, 4.69) is 5.16 Å². The van der Waals surface area contributed by atoms with Crippen molar-refractivity contribution in [1.29, 1.82) is 0 Å². The molecule has 16 heavy (non-hydrogen) atoms. The third-order valence-corrected chi connectivity index (χ3v) is 2.45. The van der Waals surface area contributed by atoms with Crippen molar-refractivity contribution in [2.45, 2.75) is 0 Å². The Hall–Kier alpha value is -2.17. The molecule has 2 heterocycles. The van der Waals surface area contributed by atoms with Crippen LogP contribution < -0.4 is 15.2 Å². The minimum atomic E-state index is 0.280. The van der Waals surface area contributed by atoms with Crippen LogP contribution in [0.4, 0.5) is 5.88 Å². The number of anilines is 1. The molecule has 2 aromatic rings. The average molecular weight is 218 g/mol. The normalized spacial score (nSPS) is 13.8. The summed E-state index contributed by atoms with van der Waals surface area (Å²) in [6.07, 6.45) is 1.57. The standard InChI is InChI=1S/C11H10N2O3/c12-11-8(6-13-16-11)7-2-1-3-9-10(7)15-5-4-14-9/h1-3,6H,4-5,12H2. The lowest BCUT2D eigenvalue weighted by atomic mass is 10.1. The van der Waals surface area contributed by atoms with Crippen molar-refractivity contribution in [1.82, 2.24) is 5.16 Å². The predicted molar refractivity (Wildman–Crippen MR) is 57.3 cm³/mol. The maximum absolute atomic E-state index is 5.68. The van der Waals surface area contributed by atoms with E-state index < -0.39 is 0 Å². The van der Waals surface area contributed by atoms with Crippen molar-refractivity contribution in [3.8, 4) is 22.6 Å². The second-order valence-corrected chi connectivity index (χ2v) is 3.43. The van der Waals surface area contributed by atoms with Gasteiger partial charge in [-0.3, -0.25) is 0 Å². The van der Waals surface area contributed by atoms with Gasteiger partial charge in [0.2, 0.25) is 5.88 Å². The topological polar surface area (TPSA) is 70.5 Å². The molecule has 3 rings (SSSR count). The number of nitrogen functional groups attached to an aromatic ring is 1. The van der Waals surface area contributed by atoms with Gasteiger partial charge in [-0.1, -0.05) is 17.3 Å². The van der Waals surface area contributed by atoms with Crippen LogP contribution in [-0.4, -0.2) is 18.4 Å². The minimum absolute atomic E-state index is 0.280. The first-order chi connectivity index (χ1) is 7.86. The van der Waals surface area contributed by atoms with Gasteiger partial charge in [-0.15, -0.1) is 0 Å². The second-order valence-electron chi connectivity index (χ2n) is 3.43. The third kappa shape index (κ3) is 1.29. The Balaban J connectivity index is 2.18. The molecule has 82 valence electrons. The summed E-state index contributed by atoms with van der Waals surface area (Å²) < 4.78 is 15.9. The van der Waals surface area contributed by atoms with E-state index in [0.717, 1.165) is 16.9 Å². The smallest absolute Gasteiger partial charge is 0.230 e. The molecule has 0 radical (unpaired) electrons. The van der Waals surface area contributed by atoms with Gasteiger partial charge in [0.25, 0.3) is 0 Å². The highest BCUT2D eigenvalue weighted by Gasteiger charge is 2.19. The van der Waals surface area contributed by atoms with Gasteiger partial charge in [-0.25, -0.2) is 0 Å². The summed E-state index contributed by atoms with van der Waals surface area (Å²) in [5, 5.41) is 3.65. The molecule has 0 amide bonds. The summed E-state index contributed by atoms with van der Waals surface area (Å²) in [4.78, 5) is 0. The molecule has 1 aromatic heterocycles. The minimum Gasteiger partial charge on any atom is -0.486 e. The van der Waals surface area contributed by atoms with Crippen molar-refractivity contribution in [2.24, 2.45) is 0 Å². The van der Waals surface area contributed by atoms with E-state index in [4.69, 9.17) is 19.7 Å². The van der Waals surface area contributed by atoms with E-state index in [-0.39, 0.29) is 5.88 Å². The van der Waals surface area contributed by atoms with Crippen LogP contribution in [-0.2, 0) is 0 Å². The van der Waals surface area contributed by atoms with Crippen molar-refractivity contribution in [3.05, 3.63) is 24.4 Å². The molecule has 5 heteroatoms. The lowest BCUT2D eigenvalue weighted by Gasteiger charge is -2.20. The fraction of sp³-hybridized carbons (Fsp3) is 0.182. The van der Waals surface area contributed by atoms with Gasteiger partial charge in [-0.05, 0) is 6.07 Å². The number of benzene rings is 1. The molecule has 0 unspecified atom stereocenters. The fourth-order valence-corrected chi connectivity index (χ4v) is 1.74. The Kier molecular flexibility index (Phi) is 1.96. The maximum atomic E-state index is 5.68. The van der Waals surface area contributed by atoms with E-state index >= 15 is 0 Å². The number of nitrogens with zero attached hydrogens (tertiary/aromatic N) is 1. The Labute approximate surface area is 91.7 Å². The van der Waals surface area contributed by atoms with Crippen LogP contribution in [0, 0.1) is 0 Å². The number of hydrogen-bond acceptors (Lipinski definition) is 5. The Morgan fingerprint density at radius 3 is 2.81 bits per heavy atom. The van der Waals surface area contributed by atoms with Crippen molar-refractivity contribution in [2.75, 3.05) is 18.9 Å². The van der Waals surface area contributed by atoms with Gasteiger partial charge in [0.1, 0.15) is 13.2 Å². The zero-order chi connectivity index (χ0) is 11.0. The highest BCUT2D eigenvalue weighted by Crippen LogP contribution is 2.41. The first kappa shape index (κ1) is 9.08. The van der Waals surface area contributed by atoms with Gasteiger partial charge >= 0.3 is 0 Å². The van der Waals surface area contributed by atoms with Crippen molar-refractivity contribution in [3.63, 3.8) is 0 Å². The number of nitrogens with two attached hydrogens (primary N) is 1. The van der Waals surface area contributed by atoms with Crippen LogP contribution in [0.1, 0.15) is 0 Å². The number of para-hydroxylation sites is 1. The molecule has 0 aliphatic carbocycles. The van der Waals surface area contributed by atoms with Crippen LogP contribution in [0.2, 0.25) is 0 Å². The Morgan fingerprint density at radius 2 is 2.00 bits per heavy atom. The number of fused-ring (bicyclic) bond motifs is 1. The number of aromatic nitrogens is 1. The molecule has 1 aliphatic rings. The fourth-order valence-electron chi connectivity index (χ4n) is 1.74. The summed E-state index contributed by atoms with van der Waals surface area (Å²) in [6.45, 7) is 1.10. The Morgan fingerprint density at radius 1 is 1.12 bits per heavy atom. The first-order valence-electron chi connectivity index (χ1n) is 4.95. The monoisotopic (exact) mass is 218 g/mol. The maximum Gasteiger partial charge on any atom is 0.230 e. The third-order valence-electron chi connectivity index (χ3n) is 2.45. The summed E-state index contributed by atoms with van der Waals surface area (Å²) in [5.41, 5.74) is 7.25. The van der Waals surface area contributed by atoms with E-state index in [0.29, 0.717) is 19.0 Å². The molecule has 0 bridgehead atoms. The molecule has 5 nitrogen and oxygen atoms in total. The molecule has 0 atom stereocenters. The molecule has 2 N–H and O–H groups in total. The SMILES string of the molecule is Nc1oncc1-c1cccc2c1OCCO2. The number of hydrogen-bond donors (Lipinski definition) is 1. The molecular weight excluding hydrogens is 208 g/mol. The summed E-state index contributed by atoms with van der Waals surface area (Å²) >= 11 is 0. The van der Waals surface area contributed by atoms with Crippen molar-refractivity contribution >= 4 is 5.88 Å². The molecule has 0 fully saturated rings. The van der Waals surface area contributed by atoms with Crippen LogP contribution >= 0.6 is 0 Å². The zero-order valence-electron chi connectivity index (χ0n) is 8.47. The van der Waals surface area contributed by atoms with E-state index in [9.17, 15) is 0 Å². The quantitative estimate of drug-likeness (QED) is 0.788. The highest BCUT2D eigenvalue weighted by molar-refractivity contribution is 5.79. The average Bonchev–Trinajstić information content (AvgIpc) is 2.75. The Bertz CT molecular complexity index is 522. The van der Waals surface area contributed by atoms with E-state index in [1.807, 2.05) is 18.2 Å². The van der Waals surface area contributed by atoms with Gasteiger partial charge in [0.05, 0.1) is 11.8 Å². The molecule has 0 spiro atoms. The summed E-state index contributed by atoms with van der Waals surface area (Å²) in [7, 11) is 0. The van der Waals surface area contributed by atoms with Gasteiger partial charge in [0, 0.05) is 5.56 Å². The number of ether oxygens (including phenoxy) is 2. The molecule has 0 saturated heterocycles. The van der Waals surface area contributed by atoms with Crippen molar-refractivity contribution < 1.29 is 14.0 Å². The highest BCUT2D eigenvalue weighted by atomic mass is 16.6. The molecule has 1 aliphatic heterocycles. The predicted octanol–water partition coefficient (Wildman–Crippen LogP) is 1.70. The lowest BCUT2D eigenvalue weighted by Crippen LogP contribution is -2.15. The number of rotatable bonds is 1. The van der Waals surface area contributed by atoms with Crippen LogP contribution in [0.15, 0.2) is 28.9 Å². The first-order valence-corrected chi connectivity index (χ1v) is 4.95. The summed E-state index contributed by atoms with van der Waals surface area (Å²) in [5.74, 6) is 1.70. The van der Waals surface area contributed by atoms with Gasteiger partial charge in [-0.2, -0.15) is 0 Å². The summed E-state index contributed by atoms with van der Waals surface area (Å²) in [6, 6.07) is 5.65. The molecule has 0 saturated carbocycles. The molecule has 1 aromatic carbocycles. The largest absolute Gasteiger partial charge is 0.486 e. The van der Waals surface area contributed by atoms with Gasteiger partial charge in [0.15, 0.2) is 11.5 Å². The van der Waals surface area contributed by atoms with E-state index in [1.54, 1.807) is 6.20 Å². The van der Waals surface area contributed by atoms with Crippen LogP contribution in [0.5, 0.6) is 11.5 Å². The zero-order valence-corrected chi connectivity index (χ0v) is 8.47. The van der Waals surface area contributed by atoms with Crippen LogP contribution in [0.25, 0.3) is 11.1 Å². The van der Waals surface area contributed by atoms with E-state index in [1.165, 1.54) is 0 Å². The second kappa shape index (κ2) is 3.44. The van der Waals surface area contributed by atoms with Crippen LogP contribution in [0.3, 0.4) is 0 Å². The van der Waals surface area contributed by atoms with Gasteiger partial charge < -0.3 is 19.7 Å².